The van der Waals surface area contributed by atoms with E-state index in [1.807, 2.05) is 13.8 Å². The molecule has 4 N–H and O–H groups in total. The SMILES string of the molecule is CCC(CC)(NC(=O)C1CCS(=O)(=O)C1)C(N)=NO. The molecule has 1 rings (SSSR count). The third-order valence-electron chi connectivity index (χ3n) is 3.77. The lowest BCUT2D eigenvalue weighted by molar-refractivity contribution is -0.125. The summed E-state index contributed by atoms with van der Waals surface area (Å²) in [5.41, 5.74) is 4.72. The summed E-state index contributed by atoms with van der Waals surface area (Å²) in [5, 5.41) is 14.5. The number of rotatable bonds is 5. The van der Waals surface area contributed by atoms with Crippen molar-refractivity contribution in [3.63, 3.8) is 0 Å². The van der Waals surface area contributed by atoms with Crippen molar-refractivity contribution in [3.05, 3.63) is 0 Å². The molecule has 0 aromatic rings. The van der Waals surface area contributed by atoms with E-state index in [-0.39, 0.29) is 23.2 Å². The van der Waals surface area contributed by atoms with Gasteiger partial charge in [0, 0.05) is 0 Å². The first-order valence-electron chi connectivity index (χ1n) is 6.30. The molecule has 1 amide bonds. The van der Waals surface area contributed by atoms with Gasteiger partial charge in [-0.05, 0) is 19.3 Å². The van der Waals surface area contributed by atoms with Crippen molar-refractivity contribution >= 4 is 21.6 Å². The fourth-order valence-electron chi connectivity index (χ4n) is 2.29. The molecule has 0 bridgehead atoms. The van der Waals surface area contributed by atoms with Crippen LogP contribution >= 0.6 is 0 Å². The number of oxime groups is 1. The Hall–Kier alpha value is -1.31. The first kappa shape index (κ1) is 15.7. The zero-order valence-corrected chi connectivity index (χ0v) is 12.0. The first-order valence-corrected chi connectivity index (χ1v) is 8.12. The molecular formula is C11H21N3O4S. The Labute approximate surface area is 113 Å². The summed E-state index contributed by atoms with van der Waals surface area (Å²) in [6.07, 6.45) is 1.25. The standard InChI is InChI=1S/C11H21N3O4S/c1-3-11(4-2,10(12)14-16)13-9(15)8-5-6-19(17,18)7-8/h8,16H,3-7H2,1-2H3,(H2,12,14)(H,13,15). The van der Waals surface area contributed by atoms with Crippen LogP contribution in [-0.2, 0) is 14.6 Å². The minimum Gasteiger partial charge on any atom is -0.409 e. The lowest BCUT2D eigenvalue weighted by Crippen LogP contribution is -2.58. The molecule has 0 radical (unpaired) electrons. The minimum atomic E-state index is -3.11. The number of amidine groups is 1. The molecule has 1 unspecified atom stereocenters. The minimum absolute atomic E-state index is 0.0416. The van der Waals surface area contributed by atoms with Crippen LogP contribution < -0.4 is 11.1 Å². The maximum atomic E-state index is 12.1. The quantitative estimate of drug-likeness (QED) is 0.281. The van der Waals surface area contributed by atoms with Gasteiger partial charge in [0.2, 0.25) is 5.91 Å². The van der Waals surface area contributed by atoms with Crippen molar-refractivity contribution < 1.29 is 18.4 Å². The van der Waals surface area contributed by atoms with Crippen molar-refractivity contribution in [1.29, 1.82) is 0 Å². The predicted octanol–water partition coefficient (Wildman–Crippen LogP) is -0.157. The van der Waals surface area contributed by atoms with Crippen LogP contribution in [0.5, 0.6) is 0 Å². The van der Waals surface area contributed by atoms with E-state index in [4.69, 9.17) is 10.9 Å². The molecule has 0 spiro atoms. The maximum absolute atomic E-state index is 12.1. The lowest BCUT2D eigenvalue weighted by atomic mass is 9.90. The average molecular weight is 291 g/mol. The van der Waals surface area contributed by atoms with Gasteiger partial charge in [0.05, 0.1) is 17.4 Å². The normalized spacial score (nSPS) is 23.3. The van der Waals surface area contributed by atoms with Crippen LogP contribution in [0.1, 0.15) is 33.1 Å². The van der Waals surface area contributed by atoms with Crippen molar-refractivity contribution in [1.82, 2.24) is 5.32 Å². The van der Waals surface area contributed by atoms with E-state index in [1.54, 1.807) is 0 Å². The molecule has 0 aliphatic carbocycles. The van der Waals surface area contributed by atoms with Gasteiger partial charge in [0.15, 0.2) is 15.7 Å². The Morgan fingerprint density at radius 1 is 1.47 bits per heavy atom. The van der Waals surface area contributed by atoms with Gasteiger partial charge in [-0.1, -0.05) is 19.0 Å². The smallest absolute Gasteiger partial charge is 0.224 e. The zero-order chi connectivity index (χ0) is 14.7. The highest BCUT2D eigenvalue weighted by atomic mass is 32.2. The Balaban J connectivity index is 2.84. The second-order valence-electron chi connectivity index (χ2n) is 4.86. The summed E-state index contributed by atoms with van der Waals surface area (Å²) < 4.78 is 22.7. The molecule has 1 aliphatic rings. The van der Waals surface area contributed by atoms with Crippen LogP contribution in [-0.4, -0.2) is 42.4 Å². The van der Waals surface area contributed by atoms with Crippen molar-refractivity contribution in [2.24, 2.45) is 16.8 Å². The van der Waals surface area contributed by atoms with E-state index in [1.165, 1.54) is 0 Å². The van der Waals surface area contributed by atoms with Crippen LogP contribution in [0.25, 0.3) is 0 Å². The van der Waals surface area contributed by atoms with E-state index >= 15 is 0 Å². The summed E-state index contributed by atoms with van der Waals surface area (Å²) >= 11 is 0. The number of hydrogen-bond donors (Lipinski definition) is 3. The summed E-state index contributed by atoms with van der Waals surface area (Å²) in [7, 11) is -3.11. The Morgan fingerprint density at radius 3 is 2.42 bits per heavy atom. The zero-order valence-electron chi connectivity index (χ0n) is 11.2. The molecule has 0 aromatic heterocycles. The van der Waals surface area contributed by atoms with Gasteiger partial charge in [0.1, 0.15) is 5.54 Å². The molecule has 0 aromatic carbocycles. The molecular weight excluding hydrogens is 270 g/mol. The molecule has 110 valence electrons. The van der Waals surface area contributed by atoms with E-state index in [0.717, 1.165) is 0 Å². The van der Waals surface area contributed by atoms with Gasteiger partial charge in [-0.15, -0.1) is 0 Å². The number of nitrogens with one attached hydrogen (secondary N) is 1. The molecule has 7 nitrogen and oxygen atoms in total. The molecule has 1 atom stereocenters. The number of nitrogens with zero attached hydrogens (tertiary/aromatic N) is 1. The van der Waals surface area contributed by atoms with E-state index in [9.17, 15) is 13.2 Å². The van der Waals surface area contributed by atoms with E-state index in [0.29, 0.717) is 19.3 Å². The van der Waals surface area contributed by atoms with Crippen LogP contribution in [0.15, 0.2) is 5.16 Å². The van der Waals surface area contributed by atoms with Crippen molar-refractivity contribution in [2.75, 3.05) is 11.5 Å². The third kappa shape index (κ3) is 3.37. The summed E-state index contributed by atoms with van der Waals surface area (Å²) in [6, 6.07) is 0. The number of carbonyl (C=O) groups excluding carboxylic acids is 1. The number of carbonyl (C=O) groups is 1. The van der Waals surface area contributed by atoms with Crippen LogP contribution in [0.3, 0.4) is 0 Å². The summed E-state index contributed by atoms with van der Waals surface area (Å²) in [6.45, 7) is 3.63. The summed E-state index contributed by atoms with van der Waals surface area (Å²) in [5.74, 6) is -1.05. The number of nitrogens with two attached hydrogens (primary N) is 1. The van der Waals surface area contributed by atoms with Gasteiger partial charge in [-0.25, -0.2) is 8.42 Å². The number of hydrogen-bond acceptors (Lipinski definition) is 5. The predicted molar refractivity (Wildman–Crippen MR) is 71.6 cm³/mol. The molecule has 1 aliphatic heterocycles. The van der Waals surface area contributed by atoms with Crippen molar-refractivity contribution in [2.45, 2.75) is 38.6 Å². The Kier molecular flexibility index (Phi) is 4.78. The van der Waals surface area contributed by atoms with Crippen LogP contribution in [0.4, 0.5) is 0 Å². The van der Waals surface area contributed by atoms with E-state index in [2.05, 4.69) is 10.5 Å². The first-order chi connectivity index (χ1) is 8.80. The lowest BCUT2D eigenvalue weighted by Gasteiger charge is -2.32. The largest absolute Gasteiger partial charge is 0.409 e. The van der Waals surface area contributed by atoms with E-state index < -0.39 is 21.3 Å². The molecule has 1 fully saturated rings. The second kappa shape index (κ2) is 5.77. The maximum Gasteiger partial charge on any atom is 0.224 e. The topological polar surface area (TPSA) is 122 Å². The number of sulfone groups is 1. The van der Waals surface area contributed by atoms with Crippen molar-refractivity contribution in [3.8, 4) is 0 Å². The third-order valence-corrected chi connectivity index (χ3v) is 5.54. The monoisotopic (exact) mass is 291 g/mol. The second-order valence-corrected chi connectivity index (χ2v) is 7.09. The van der Waals surface area contributed by atoms with Gasteiger partial charge in [-0.3, -0.25) is 4.79 Å². The van der Waals surface area contributed by atoms with Crippen LogP contribution in [0.2, 0.25) is 0 Å². The molecule has 8 heteroatoms. The molecule has 0 saturated carbocycles. The highest BCUT2D eigenvalue weighted by molar-refractivity contribution is 7.91. The van der Waals surface area contributed by atoms with Gasteiger partial charge >= 0.3 is 0 Å². The fraction of sp³-hybridized carbons (Fsp3) is 0.818. The van der Waals surface area contributed by atoms with Gasteiger partial charge < -0.3 is 16.3 Å². The van der Waals surface area contributed by atoms with Gasteiger partial charge in [0.25, 0.3) is 0 Å². The number of amides is 1. The fourth-order valence-corrected chi connectivity index (χ4v) is 4.03. The highest BCUT2D eigenvalue weighted by Crippen LogP contribution is 2.22. The van der Waals surface area contributed by atoms with Gasteiger partial charge in [-0.2, -0.15) is 0 Å². The molecule has 19 heavy (non-hydrogen) atoms. The molecule has 1 saturated heterocycles. The Morgan fingerprint density at radius 2 is 2.05 bits per heavy atom. The van der Waals surface area contributed by atoms with Crippen LogP contribution in [0, 0.1) is 5.92 Å². The Bertz CT molecular complexity index is 468. The molecule has 1 heterocycles. The summed E-state index contributed by atoms with van der Waals surface area (Å²) in [4.78, 5) is 12.1. The highest BCUT2D eigenvalue weighted by Gasteiger charge is 2.39. The average Bonchev–Trinajstić information content (AvgIpc) is 2.75.